The SMILES string of the molecule is CC1Cc2cc(Oc3ccc(C(F)(F)F)cn3)cc(N)c2O1. The average Bonchev–Trinajstić information content (AvgIpc) is 2.79. The van der Waals surface area contributed by atoms with Crippen LogP contribution < -0.4 is 15.2 Å². The number of nitrogen functional groups attached to an aromatic ring is 1. The molecule has 0 bridgehead atoms. The van der Waals surface area contributed by atoms with Crippen molar-refractivity contribution >= 4 is 5.69 Å². The van der Waals surface area contributed by atoms with Crippen LogP contribution in [0.4, 0.5) is 18.9 Å². The van der Waals surface area contributed by atoms with Crippen molar-refractivity contribution in [2.75, 3.05) is 5.73 Å². The molecule has 0 aliphatic carbocycles. The fourth-order valence-electron chi connectivity index (χ4n) is 2.32. The molecular weight excluding hydrogens is 297 g/mol. The van der Waals surface area contributed by atoms with Gasteiger partial charge in [0.2, 0.25) is 5.88 Å². The Kier molecular flexibility index (Phi) is 3.35. The van der Waals surface area contributed by atoms with E-state index < -0.39 is 11.7 Å². The first-order chi connectivity index (χ1) is 10.3. The Hall–Kier alpha value is -2.44. The molecule has 0 amide bonds. The molecule has 1 atom stereocenters. The lowest BCUT2D eigenvalue weighted by Gasteiger charge is -2.10. The number of hydrogen-bond acceptors (Lipinski definition) is 4. The van der Waals surface area contributed by atoms with Crippen molar-refractivity contribution in [2.24, 2.45) is 0 Å². The summed E-state index contributed by atoms with van der Waals surface area (Å²) < 4.78 is 48.5. The monoisotopic (exact) mass is 310 g/mol. The predicted molar refractivity (Wildman–Crippen MR) is 74.0 cm³/mol. The normalized spacial score (nSPS) is 17.0. The van der Waals surface area contributed by atoms with Gasteiger partial charge in [-0.05, 0) is 19.1 Å². The summed E-state index contributed by atoms with van der Waals surface area (Å²) in [6, 6.07) is 5.42. The van der Waals surface area contributed by atoms with E-state index in [0.29, 0.717) is 23.6 Å². The highest BCUT2D eigenvalue weighted by Gasteiger charge is 2.30. The van der Waals surface area contributed by atoms with Crippen molar-refractivity contribution in [3.8, 4) is 17.4 Å². The Morgan fingerprint density at radius 1 is 1.32 bits per heavy atom. The summed E-state index contributed by atoms with van der Waals surface area (Å²) in [5, 5.41) is 0. The first-order valence-corrected chi connectivity index (χ1v) is 6.63. The number of ether oxygens (including phenoxy) is 2. The third-order valence-corrected chi connectivity index (χ3v) is 3.28. The largest absolute Gasteiger partial charge is 0.488 e. The Bertz CT molecular complexity index is 699. The molecule has 7 heteroatoms. The fourth-order valence-corrected chi connectivity index (χ4v) is 2.32. The molecule has 22 heavy (non-hydrogen) atoms. The summed E-state index contributed by atoms with van der Waals surface area (Å²) in [5.41, 5.74) is 6.42. The third-order valence-electron chi connectivity index (χ3n) is 3.28. The van der Waals surface area contributed by atoms with Crippen LogP contribution >= 0.6 is 0 Å². The first kappa shape index (κ1) is 14.5. The van der Waals surface area contributed by atoms with Crippen LogP contribution in [-0.2, 0) is 12.6 Å². The number of nitrogens with two attached hydrogens (primary N) is 1. The first-order valence-electron chi connectivity index (χ1n) is 6.63. The standard InChI is InChI=1S/C15H13F3N2O2/c1-8-4-9-5-11(6-12(19)14(9)21-8)22-13-3-2-10(7-20-13)15(16,17)18/h2-3,5-8H,4,19H2,1H3. The van der Waals surface area contributed by atoms with E-state index in [1.165, 1.54) is 6.07 Å². The zero-order valence-electron chi connectivity index (χ0n) is 11.6. The maximum absolute atomic E-state index is 12.5. The van der Waals surface area contributed by atoms with Gasteiger partial charge in [-0.25, -0.2) is 4.98 Å². The second kappa shape index (κ2) is 5.08. The molecule has 0 saturated heterocycles. The minimum atomic E-state index is -4.42. The smallest absolute Gasteiger partial charge is 0.417 e. The summed E-state index contributed by atoms with van der Waals surface area (Å²) in [5.74, 6) is 1.13. The van der Waals surface area contributed by atoms with Gasteiger partial charge in [0.25, 0.3) is 0 Å². The van der Waals surface area contributed by atoms with Crippen molar-refractivity contribution in [2.45, 2.75) is 25.6 Å². The van der Waals surface area contributed by atoms with Crippen LogP contribution in [0.2, 0.25) is 0 Å². The average molecular weight is 310 g/mol. The van der Waals surface area contributed by atoms with E-state index >= 15 is 0 Å². The number of benzene rings is 1. The van der Waals surface area contributed by atoms with Crippen molar-refractivity contribution in [1.82, 2.24) is 4.98 Å². The molecule has 0 radical (unpaired) electrons. The van der Waals surface area contributed by atoms with Crippen LogP contribution in [-0.4, -0.2) is 11.1 Å². The molecule has 0 spiro atoms. The zero-order chi connectivity index (χ0) is 15.9. The Balaban J connectivity index is 1.82. The van der Waals surface area contributed by atoms with Crippen LogP contribution in [0.3, 0.4) is 0 Å². The highest BCUT2D eigenvalue weighted by atomic mass is 19.4. The zero-order valence-corrected chi connectivity index (χ0v) is 11.6. The van der Waals surface area contributed by atoms with Crippen molar-refractivity contribution in [1.29, 1.82) is 0 Å². The van der Waals surface area contributed by atoms with E-state index in [1.54, 1.807) is 12.1 Å². The summed E-state index contributed by atoms with van der Waals surface area (Å²) in [6.45, 7) is 1.93. The van der Waals surface area contributed by atoms with Crippen LogP contribution in [0, 0.1) is 0 Å². The van der Waals surface area contributed by atoms with Crippen molar-refractivity contribution in [3.63, 3.8) is 0 Å². The molecule has 1 aromatic heterocycles. The third kappa shape index (κ3) is 2.79. The molecule has 1 unspecified atom stereocenters. The van der Waals surface area contributed by atoms with E-state index in [0.717, 1.165) is 17.8 Å². The van der Waals surface area contributed by atoms with Crippen LogP contribution in [0.1, 0.15) is 18.1 Å². The Morgan fingerprint density at radius 2 is 2.09 bits per heavy atom. The highest BCUT2D eigenvalue weighted by Crippen LogP contribution is 2.39. The van der Waals surface area contributed by atoms with Gasteiger partial charge < -0.3 is 15.2 Å². The molecule has 116 valence electrons. The van der Waals surface area contributed by atoms with E-state index in [9.17, 15) is 13.2 Å². The molecule has 1 aliphatic heterocycles. The topological polar surface area (TPSA) is 57.4 Å². The Morgan fingerprint density at radius 3 is 2.73 bits per heavy atom. The number of hydrogen-bond donors (Lipinski definition) is 1. The quantitative estimate of drug-likeness (QED) is 0.857. The van der Waals surface area contributed by atoms with Gasteiger partial charge in [-0.3, -0.25) is 0 Å². The van der Waals surface area contributed by atoms with Crippen molar-refractivity contribution in [3.05, 3.63) is 41.6 Å². The number of nitrogens with zero attached hydrogens (tertiary/aromatic N) is 1. The minimum absolute atomic E-state index is 0.0387. The molecule has 4 nitrogen and oxygen atoms in total. The van der Waals surface area contributed by atoms with Crippen LogP contribution in [0.25, 0.3) is 0 Å². The highest BCUT2D eigenvalue weighted by molar-refractivity contribution is 5.62. The van der Waals surface area contributed by atoms with Crippen LogP contribution in [0.15, 0.2) is 30.5 Å². The molecule has 1 aliphatic rings. The predicted octanol–water partition coefficient (Wildman–Crippen LogP) is 3.80. The molecule has 2 aromatic rings. The summed E-state index contributed by atoms with van der Waals surface area (Å²) in [6.07, 6.45) is -2.94. The molecule has 2 heterocycles. The second-order valence-corrected chi connectivity index (χ2v) is 5.12. The van der Waals surface area contributed by atoms with E-state index in [4.69, 9.17) is 15.2 Å². The fraction of sp³-hybridized carbons (Fsp3) is 0.267. The van der Waals surface area contributed by atoms with Gasteiger partial charge in [0, 0.05) is 30.3 Å². The number of halogens is 3. The molecule has 0 saturated carbocycles. The number of fused-ring (bicyclic) bond motifs is 1. The van der Waals surface area contributed by atoms with Gasteiger partial charge in [0.15, 0.2) is 0 Å². The number of anilines is 1. The van der Waals surface area contributed by atoms with Gasteiger partial charge in [-0.15, -0.1) is 0 Å². The van der Waals surface area contributed by atoms with Gasteiger partial charge >= 0.3 is 6.18 Å². The number of rotatable bonds is 2. The lowest BCUT2D eigenvalue weighted by atomic mass is 10.1. The lowest BCUT2D eigenvalue weighted by molar-refractivity contribution is -0.137. The minimum Gasteiger partial charge on any atom is -0.488 e. The maximum Gasteiger partial charge on any atom is 0.417 e. The Labute approximate surface area is 124 Å². The number of aromatic nitrogens is 1. The van der Waals surface area contributed by atoms with Gasteiger partial charge in [0.1, 0.15) is 17.6 Å². The van der Waals surface area contributed by atoms with Crippen LogP contribution in [0.5, 0.6) is 17.4 Å². The molecule has 3 rings (SSSR count). The molecule has 0 fully saturated rings. The maximum atomic E-state index is 12.5. The summed E-state index contributed by atoms with van der Waals surface area (Å²) in [4.78, 5) is 3.66. The van der Waals surface area contributed by atoms with E-state index in [1.807, 2.05) is 6.92 Å². The van der Waals surface area contributed by atoms with Crippen molar-refractivity contribution < 1.29 is 22.6 Å². The van der Waals surface area contributed by atoms with Gasteiger partial charge in [-0.2, -0.15) is 13.2 Å². The van der Waals surface area contributed by atoms with E-state index in [-0.39, 0.29) is 12.0 Å². The summed E-state index contributed by atoms with van der Waals surface area (Å²) in [7, 11) is 0. The summed E-state index contributed by atoms with van der Waals surface area (Å²) >= 11 is 0. The number of alkyl halides is 3. The van der Waals surface area contributed by atoms with Gasteiger partial charge in [0.05, 0.1) is 11.3 Å². The molecular formula is C15H13F3N2O2. The number of pyridine rings is 1. The molecule has 1 aromatic carbocycles. The second-order valence-electron chi connectivity index (χ2n) is 5.12. The van der Waals surface area contributed by atoms with Gasteiger partial charge in [-0.1, -0.05) is 0 Å². The molecule has 2 N–H and O–H groups in total. The lowest BCUT2D eigenvalue weighted by Crippen LogP contribution is -2.05. The van der Waals surface area contributed by atoms with E-state index in [2.05, 4.69) is 4.98 Å².